The van der Waals surface area contributed by atoms with Crippen LogP contribution in [0.1, 0.15) is 41.7 Å². The number of hydrogen-bond donors (Lipinski definition) is 2. The fraction of sp³-hybridized carbons (Fsp3) is 0.458. The van der Waals surface area contributed by atoms with E-state index in [4.69, 9.17) is 0 Å². The summed E-state index contributed by atoms with van der Waals surface area (Å²) in [6.07, 6.45) is 11.1. The fourth-order valence-corrected chi connectivity index (χ4v) is 6.41. The standard InChI is InChI=1S/C24H30N4OS/c1-16-18-7-3-4-8-22(18)30-23(16)26-24(29)25-14-20-19-9-12-27(2)15-17(19)13-21(20)28-10-5-6-11-28/h5-6,10-11H,3-4,7-9,12-15H2,1-2H3,(H2,25,26,29). The third kappa shape index (κ3) is 3.63. The van der Waals surface area contributed by atoms with Gasteiger partial charge in [0.1, 0.15) is 0 Å². The first-order chi connectivity index (χ1) is 14.6. The topological polar surface area (TPSA) is 49.3 Å². The van der Waals surface area contributed by atoms with Gasteiger partial charge in [0.05, 0.1) is 5.00 Å². The van der Waals surface area contributed by atoms with E-state index in [1.54, 1.807) is 11.3 Å². The number of likely N-dealkylation sites (N-methyl/N-ethyl adjacent to an activating group) is 1. The summed E-state index contributed by atoms with van der Waals surface area (Å²) in [4.78, 5) is 16.6. The van der Waals surface area contributed by atoms with E-state index in [0.29, 0.717) is 6.54 Å². The van der Waals surface area contributed by atoms with Crippen molar-refractivity contribution in [3.63, 3.8) is 0 Å². The number of carbonyl (C=O) groups excluding carboxylic acids is 1. The Hall–Kier alpha value is -2.31. The first-order valence-electron chi connectivity index (χ1n) is 11.0. The summed E-state index contributed by atoms with van der Waals surface area (Å²) in [6.45, 7) is 4.82. The lowest BCUT2D eigenvalue weighted by molar-refractivity contribution is 0.253. The van der Waals surface area contributed by atoms with Gasteiger partial charge in [-0.1, -0.05) is 0 Å². The smallest absolute Gasteiger partial charge is 0.320 e. The van der Waals surface area contributed by atoms with Gasteiger partial charge in [-0.15, -0.1) is 11.3 Å². The molecule has 2 amide bonds. The summed E-state index contributed by atoms with van der Waals surface area (Å²) < 4.78 is 2.21. The van der Waals surface area contributed by atoms with Crippen molar-refractivity contribution in [2.24, 2.45) is 0 Å². The molecule has 2 aliphatic carbocycles. The van der Waals surface area contributed by atoms with Crippen molar-refractivity contribution in [3.05, 3.63) is 57.2 Å². The minimum absolute atomic E-state index is 0.0990. The van der Waals surface area contributed by atoms with E-state index in [2.05, 4.69) is 58.6 Å². The monoisotopic (exact) mass is 422 g/mol. The molecule has 0 radical (unpaired) electrons. The average Bonchev–Trinajstić information content (AvgIpc) is 3.45. The van der Waals surface area contributed by atoms with E-state index in [0.717, 1.165) is 43.8 Å². The Bertz CT molecular complexity index is 1030. The van der Waals surface area contributed by atoms with Crippen LogP contribution in [0.4, 0.5) is 9.80 Å². The Morgan fingerprint density at radius 1 is 1.17 bits per heavy atom. The lowest BCUT2D eigenvalue weighted by Crippen LogP contribution is -2.32. The molecule has 0 aromatic carbocycles. The molecule has 3 aliphatic rings. The number of rotatable bonds is 4. The number of aromatic nitrogens is 1. The Morgan fingerprint density at radius 3 is 2.77 bits per heavy atom. The lowest BCUT2D eigenvalue weighted by Gasteiger charge is -2.25. The zero-order valence-electron chi connectivity index (χ0n) is 17.9. The molecule has 0 saturated heterocycles. The highest BCUT2D eigenvalue weighted by Crippen LogP contribution is 2.40. The minimum atomic E-state index is -0.0990. The van der Waals surface area contributed by atoms with Crippen molar-refractivity contribution >= 4 is 28.1 Å². The first-order valence-corrected chi connectivity index (χ1v) is 11.8. The number of urea groups is 1. The highest BCUT2D eigenvalue weighted by Gasteiger charge is 2.29. The molecule has 3 heterocycles. The maximum absolute atomic E-state index is 12.8. The van der Waals surface area contributed by atoms with E-state index < -0.39 is 0 Å². The van der Waals surface area contributed by atoms with Crippen LogP contribution in [0, 0.1) is 6.92 Å². The number of nitrogens with zero attached hydrogens (tertiary/aromatic N) is 2. The molecule has 2 aromatic heterocycles. The Labute approximate surface area is 182 Å². The van der Waals surface area contributed by atoms with E-state index in [9.17, 15) is 4.79 Å². The summed E-state index contributed by atoms with van der Waals surface area (Å²) in [6, 6.07) is 4.03. The highest BCUT2D eigenvalue weighted by atomic mass is 32.1. The first kappa shape index (κ1) is 19.6. The number of anilines is 1. The molecule has 2 N–H and O–H groups in total. The molecule has 6 heteroatoms. The maximum Gasteiger partial charge on any atom is 0.320 e. The number of fused-ring (bicyclic) bond motifs is 1. The molecule has 2 aromatic rings. The summed E-state index contributed by atoms with van der Waals surface area (Å²) in [5.41, 5.74) is 8.30. The van der Waals surface area contributed by atoms with Gasteiger partial charge in [-0.25, -0.2) is 4.79 Å². The average molecular weight is 423 g/mol. The van der Waals surface area contributed by atoms with Crippen molar-refractivity contribution in [3.8, 4) is 0 Å². The Balaban J connectivity index is 1.32. The van der Waals surface area contributed by atoms with Crippen molar-refractivity contribution in [1.82, 2.24) is 14.8 Å². The quantitative estimate of drug-likeness (QED) is 0.743. The molecule has 0 fully saturated rings. The number of aryl methyl sites for hydroxylation is 1. The second-order valence-electron chi connectivity index (χ2n) is 8.73. The molecule has 0 saturated carbocycles. The van der Waals surface area contributed by atoms with Gasteiger partial charge in [0.2, 0.25) is 0 Å². The number of amides is 2. The number of thiophene rings is 1. The molecule has 0 spiro atoms. The van der Waals surface area contributed by atoms with Gasteiger partial charge in [0.15, 0.2) is 0 Å². The van der Waals surface area contributed by atoms with E-state index in [-0.39, 0.29) is 6.03 Å². The van der Waals surface area contributed by atoms with Crippen LogP contribution in [-0.2, 0) is 12.8 Å². The van der Waals surface area contributed by atoms with Gasteiger partial charge in [0, 0.05) is 49.0 Å². The molecule has 30 heavy (non-hydrogen) atoms. The van der Waals surface area contributed by atoms with Gasteiger partial charge >= 0.3 is 6.03 Å². The third-order valence-corrected chi connectivity index (χ3v) is 8.04. The van der Waals surface area contributed by atoms with Gasteiger partial charge in [-0.3, -0.25) is 5.32 Å². The molecule has 0 bridgehead atoms. The van der Waals surface area contributed by atoms with E-state index in [1.807, 2.05) is 0 Å². The van der Waals surface area contributed by atoms with Crippen LogP contribution in [0.3, 0.4) is 0 Å². The molecule has 0 atom stereocenters. The SMILES string of the molecule is Cc1c(NC(=O)NCC2=C(n3cccc3)CC3=C2CCN(C)C3)sc2c1CCCC2. The number of hydrogen-bond acceptors (Lipinski definition) is 3. The van der Waals surface area contributed by atoms with Crippen LogP contribution >= 0.6 is 11.3 Å². The van der Waals surface area contributed by atoms with Crippen LogP contribution in [0.25, 0.3) is 5.70 Å². The molecule has 158 valence electrons. The normalized spacial score (nSPS) is 19.1. The summed E-state index contributed by atoms with van der Waals surface area (Å²) in [7, 11) is 2.19. The maximum atomic E-state index is 12.8. The van der Waals surface area contributed by atoms with Gasteiger partial charge in [-0.2, -0.15) is 0 Å². The minimum Gasteiger partial charge on any atom is -0.334 e. The number of carbonyl (C=O) groups is 1. The van der Waals surface area contributed by atoms with Crippen LogP contribution in [0.2, 0.25) is 0 Å². The molecule has 5 rings (SSSR count). The third-order valence-electron chi connectivity index (χ3n) is 6.73. The summed E-state index contributed by atoms with van der Waals surface area (Å²) >= 11 is 1.76. The summed E-state index contributed by atoms with van der Waals surface area (Å²) in [5, 5.41) is 7.31. The second kappa shape index (κ2) is 8.08. The van der Waals surface area contributed by atoms with Crippen molar-refractivity contribution in [1.29, 1.82) is 0 Å². The van der Waals surface area contributed by atoms with Crippen molar-refractivity contribution < 1.29 is 4.79 Å². The fourth-order valence-electron chi connectivity index (χ4n) is 5.12. The predicted molar refractivity (Wildman–Crippen MR) is 124 cm³/mol. The van der Waals surface area contributed by atoms with E-state index >= 15 is 0 Å². The molecule has 1 aliphatic heterocycles. The second-order valence-corrected chi connectivity index (χ2v) is 9.84. The predicted octanol–water partition coefficient (Wildman–Crippen LogP) is 4.81. The Morgan fingerprint density at radius 2 is 1.97 bits per heavy atom. The summed E-state index contributed by atoms with van der Waals surface area (Å²) in [5.74, 6) is 0. The zero-order chi connectivity index (χ0) is 20.7. The van der Waals surface area contributed by atoms with Crippen LogP contribution < -0.4 is 10.6 Å². The molecular formula is C24H30N4OS. The van der Waals surface area contributed by atoms with E-state index in [1.165, 1.54) is 51.3 Å². The number of nitrogens with one attached hydrogen (secondary N) is 2. The highest BCUT2D eigenvalue weighted by molar-refractivity contribution is 7.16. The van der Waals surface area contributed by atoms with Crippen LogP contribution in [0.15, 0.2) is 41.2 Å². The zero-order valence-corrected chi connectivity index (χ0v) is 18.7. The van der Waals surface area contributed by atoms with Gasteiger partial charge in [-0.05, 0) is 86.1 Å². The van der Waals surface area contributed by atoms with Crippen molar-refractivity contribution in [2.75, 3.05) is 32.0 Å². The number of allylic oxidation sites excluding steroid dienone is 1. The molecule has 0 unspecified atom stereocenters. The Kier molecular flexibility index (Phi) is 5.29. The molecule has 5 nitrogen and oxygen atoms in total. The van der Waals surface area contributed by atoms with Crippen LogP contribution in [0.5, 0.6) is 0 Å². The molecular weight excluding hydrogens is 392 g/mol. The van der Waals surface area contributed by atoms with Gasteiger partial charge < -0.3 is 14.8 Å². The lowest BCUT2D eigenvalue weighted by atomic mass is 9.96. The largest absolute Gasteiger partial charge is 0.334 e. The van der Waals surface area contributed by atoms with Crippen LogP contribution in [-0.4, -0.2) is 42.2 Å². The van der Waals surface area contributed by atoms with Crippen molar-refractivity contribution in [2.45, 2.75) is 45.4 Å². The van der Waals surface area contributed by atoms with Gasteiger partial charge in [0.25, 0.3) is 0 Å².